The van der Waals surface area contributed by atoms with Crippen LogP contribution in [0.1, 0.15) is 64.2 Å². The highest BCUT2D eigenvalue weighted by Crippen LogP contribution is 2.52. The summed E-state index contributed by atoms with van der Waals surface area (Å²) in [5.41, 5.74) is 7.36. The van der Waals surface area contributed by atoms with Gasteiger partial charge in [0.1, 0.15) is 0 Å². The van der Waals surface area contributed by atoms with Gasteiger partial charge >= 0.3 is 0 Å². The van der Waals surface area contributed by atoms with Crippen molar-refractivity contribution >= 4 is 0 Å². The van der Waals surface area contributed by atoms with E-state index in [0.717, 1.165) is 18.0 Å². The molecule has 3 heteroatoms. The van der Waals surface area contributed by atoms with Gasteiger partial charge in [0.2, 0.25) is 0 Å². The van der Waals surface area contributed by atoms with E-state index in [4.69, 9.17) is 5.73 Å². The molecule has 0 aromatic heterocycles. The first-order valence-corrected chi connectivity index (χ1v) is 9.21. The summed E-state index contributed by atoms with van der Waals surface area (Å²) in [6.07, 6.45) is 14.2. The van der Waals surface area contributed by atoms with Crippen LogP contribution in [0.2, 0.25) is 0 Å². The lowest BCUT2D eigenvalue weighted by Gasteiger charge is -2.53. The zero-order valence-corrected chi connectivity index (χ0v) is 14.2. The molecule has 122 valence electrons. The van der Waals surface area contributed by atoms with Crippen molar-refractivity contribution in [2.24, 2.45) is 11.1 Å². The third-order valence-electron chi connectivity index (χ3n) is 7.08. The molecule has 0 amide bonds. The predicted molar refractivity (Wildman–Crippen MR) is 89.4 cm³/mol. The standard InChI is InChI=1S/C18H35N3/c1-20(2)16-6-5-13-21(14-16)18(15-19)11-9-17(10-12-18)7-3-4-8-17/h16H,3-15,19H2,1-2H3. The molecule has 1 aliphatic heterocycles. The van der Waals surface area contributed by atoms with Gasteiger partial charge in [0.15, 0.2) is 0 Å². The molecular formula is C18H35N3. The van der Waals surface area contributed by atoms with E-state index in [1.807, 2.05) is 0 Å². The summed E-state index contributed by atoms with van der Waals surface area (Å²) in [4.78, 5) is 5.20. The van der Waals surface area contributed by atoms with Crippen LogP contribution in [0.15, 0.2) is 0 Å². The van der Waals surface area contributed by atoms with E-state index >= 15 is 0 Å². The summed E-state index contributed by atoms with van der Waals surface area (Å²) in [6.45, 7) is 3.37. The fraction of sp³-hybridized carbons (Fsp3) is 1.00. The van der Waals surface area contributed by atoms with Crippen LogP contribution in [-0.2, 0) is 0 Å². The number of hydrogen-bond acceptors (Lipinski definition) is 3. The fourth-order valence-corrected chi connectivity index (χ4v) is 5.33. The first kappa shape index (κ1) is 15.8. The predicted octanol–water partition coefficient (Wildman–Crippen LogP) is 2.84. The second kappa shape index (κ2) is 6.17. The molecule has 0 radical (unpaired) electrons. The molecule has 1 atom stereocenters. The maximum absolute atomic E-state index is 6.32. The highest BCUT2D eigenvalue weighted by Gasteiger charge is 2.46. The zero-order valence-electron chi connectivity index (χ0n) is 14.2. The lowest BCUT2D eigenvalue weighted by atomic mass is 9.65. The molecule has 3 rings (SSSR count). The molecule has 0 aromatic rings. The van der Waals surface area contributed by atoms with Crippen molar-refractivity contribution in [1.82, 2.24) is 9.80 Å². The second-order valence-corrected chi connectivity index (χ2v) is 8.34. The Morgan fingerprint density at radius 3 is 2.24 bits per heavy atom. The van der Waals surface area contributed by atoms with Gasteiger partial charge in [-0.1, -0.05) is 12.8 Å². The average molecular weight is 293 g/mol. The van der Waals surface area contributed by atoms with Crippen molar-refractivity contribution < 1.29 is 0 Å². The minimum Gasteiger partial charge on any atom is -0.329 e. The van der Waals surface area contributed by atoms with Crippen LogP contribution < -0.4 is 5.73 Å². The number of likely N-dealkylation sites (tertiary alicyclic amines) is 1. The molecule has 1 saturated heterocycles. The molecule has 3 aliphatic rings. The normalized spacial score (nSPS) is 32.9. The third kappa shape index (κ3) is 3.02. The number of rotatable bonds is 3. The summed E-state index contributed by atoms with van der Waals surface area (Å²) < 4.78 is 0. The minimum atomic E-state index is 0.322. The van der Waals surface area contributed by atoms with Crippen molar-refractivity contribution in [2.45, 2.75) is 75.8 Å². The van der Waals surface area contributed by atoms with Gasteiger partial charge in [-0.05, 0) is 77.4 Å². The van der Waals surface area contributed by atoms with Crippen LogP contribution in [0, 0.1) is 5.41 Å². The molecule has 2 saturated carbocycles. The topological polar surface area (TPSA) is 32.5 Å². The monoisotopic (exact) mass is 293 g/mol. The quantitative estimate of drug-likeness (QED) is 0.868. The van der Waals surface area contributed by atoms with E-state index in [1.54, 1.807) is 0 Å². The Morgan fingerprint density at radius 2 is 1.67 bits per heavy atom. The van der Waals surface area contributed by atoms with E-state index in [-0.39, 0.29) is 0 Å². The summed E-state index contributed by atoms with van der Waals surface area (Å²) in [5.74, 6) is 0. The van der Waals surface area contributed by atoms with E-state index in [9.17, 15) is 0 Å². The van der Waals surface area contributed by atoms with E-state index < -0.39 is 0 Å². The van der Waals surface area contributed by atoms with E-state index in [0.29, 0.717) is 5.54 Å². The minimum absolute atomic E-state index is 0.322. The molecule has 1 spiro atoms. The molecule has 0 bridgehead atoms. The van der Waals surface area contributed by atoms with Crippen LogP contribution >= 0.6 is 0 Å². The number of piperidine rings is 1. The largest absolute Gasteiger partial charge is 0.329 e. The Labute approximate surface area is 131 Å². The molecular weight excluding hydrogens is 258 g/mol. The van der Waals surface area contributed by atoms with Crippen molar-refractivity contribution in [3.05, 3.63) is 0 Å². The van der Waals surface area contributed by atoms with E-state index in [1.165, 1.54) is 77.3 Å². The van der Waals surface area contributed by atoms with Crippen LogP contribution in [0.4, 0.5) is 0 Å². The van der Waals surface area contributed by atoms with Crippen LogP contribution in [0.25, 0.3) is 0 Å². The second-order valence-electron chi connectivity index (χ2n) is 8.34. The Kier molecular flexibility index (Phi) is 4.63. The van der Waals surface area contributed by atoms with Crippen molar-refractivity contribution in [3.8, 4) is 0 Å². The molecule has 3 nitrogen and oxygen atoms in total. The molecule has 1 heterocycles. The van der Waals surface area contributed by atoms with Crippen LogP contribution in [0.5, 0.6) is 0 Å². The molecule has 2 aliphatic carbocycles. The lowest BCUT2D eigenvalue weighted by molar-refractivity contribution is -0.0161. The van der Waals surface area contributed by atoms with Crippen LogP contribution in [0.3, 0.4) is 0 Å². The Bertz CT molecular complexity index is 336. The van der Waals surface area contributed by atoms with Crippen molar-refractivity contribution in [1.29, 1.82) is 0 Å². The highest BCUT2D eigenvalue weighted by atomic mass is 15.3. The average Bonchev–Trinajstić information content (AvgIpc) is 2.97. The van der Waals surface area contributed by atoms with Gasteiger partial charge in [-0.15, -0.1) is 0 Å². The Hall–Kier alpha value is -0.120. The molecule has 2 N–H and O–H groups in total. The van der Waals surface area contributed by atoms with Crippen molar-refractivity contribution in [3.63, 3.8) is 0 Å². The summed E-state index contributed by atoms with van der Waals surface area (Å²) >= 11 is 0. The first-order valence-electron chi connectivity index (χ1n) is 9.21. The molecule has 0 aromatic carbocycles. The number of nitrogens with two attached hydrogens (primary N) is 1. The van der Waals surface area contributed by atoms with Gasteiger partial charge in [-0.25, -0.2) is 0 Å². The lowest BCUT2D eigenvalue weighted by Crippen LogP contribution is -2.61. The highest BCUT2D eigenvalue weighted by molar-refractivity contribution is 5.02. The molecule has 1 unspecified atom stereocenters. The number of likely N-dealkylation sites (N-methyl/N-ethyl adjacent to an activating group) is 1. The smallest absolute Gasteiger partial charge is 0.0332 e. The van der Waals surface area contributed by atoms with Gasteiger partial charge < -0.3 is 10.6 Å². The van der Waals surface area contributed by atoms with Gasteiger partial charge in [0, 0.05) is 24.7 Å². The Balaban J connectivity index is 1.67. The third-order valence-corrected chi connectivity index (χ3v) is 7.08. The SMILES string of the molecule is CN(C)C1CCCN(C2(CN)CCC3(CCCC3)CC2)C1. The van der Waals surface area contributed by atoms with Gasteiger partial charge in [0.05, 0.1) is 0 Å². The summed E-state index contributed by atoms with van der Waals surface area (Å²) in [5, 5.41) is 0. The first-order chi connectivity index (χ1) is 10.1. The van der Waals surface area contributed by atoms with Crippen molar-refractivity contribution in [2.75, 3.05) is 33.7 Å². The molecule has 21 heavy (non-hydrogen) atoms. The summed E-state index contributed by atoms with van der Waals surface area (Å²) in [6, 6.07) is 0.726. The number of hydrogen-bond donors (Lipinski definition) is 1. The van der Waals surface area contributed by atoms with E-state index in [2.05, 4.69) is 23.9 Å². The van der Waals surface area contributed by atoms with Crippen LogP contribution in [-0.4, -0.2) is 55.1 Å². The van der Waals surface area contributed by atoms with Gasteiger partial charge in [0.25, 0.3) is 0 Å². The fourth-order valence-electron chi connectivity index (χ4n) is 5.33. The Morgan fingerprint density at radius 1 is 1.00 bits per heavy atom. The summed E-state index contributed by atoms with van der Waals surface area (Å²) in [7, 11) is 4.47. The van der Waals surface area contributed by atoms with Gasteiger partial charge in [-0.3, -0.25) is 4.90 Å². The van der Waals surface area contributed by atoms with Gasteiger partial charge in [-0.2, -0.15) is 0 Å². The maximum atomic E-state index is 6.32. The molecule has 3 fully saturated rings. The zero-order chi connectivity index (χ0) is 14.9. The maximum Gasteiger partial charge on any atom is 0.0332 e. The number of nitrogens with zero attached hydrogens (tertiary/aromatic N) is 2.